The Morgan fingerprint density at radius 3 is 1.59 bits per heavy atom. The van der Waals surface area contributed by atoms with Crippen LogP contribution in [0.2, 0.25) is 0 Å². The van der Waals surface area contributed by atoms with E-state index in [2.05, 4.69) is 12.2 Å². The third-order valence-corrected chi connectivity index (χ3v) is 5.39. The summed E-state index contributed by atoms with van der Waals surface area (Å²) in [6.07, 6.45) is 23.1. The minimum absolute atomic E-state index is 0.212. The molecule has 0 aliphatic carbocycles. The van der Waals surface area contributed by atoms with Gasteiger partial charge in [0, 0.05) is 26.6 Å². The van der Waals surface area contributed by atoms with Crippen LogP contribution in [0, 0.1) is 0 Å². The number of carbonyl (C=O) groups excluding carboxylic acids is 1. The smallest absolute Gasteiger partial charge is 0.219 e. The summed E-state index contributed by atoms with van der Waals surface area (Å²) in [4.78, 5) is 11.7. The van der Waals surface area contributed by atoms with Gasteiger partial charge in [-0.15, -0.1) is 0 Å². The number of hydrogen-bond donors (Lipinski definition) is 1. The minimum Gasteiger partial charge on any atom is -0.356 e. The second-order valence-corrected chi connectivity index (χ2v) is 8.66. The fourth-order valence-corrected chi connectivity index (χ4v) is 3.55. The van der Waals surface area contributed by atoms with E-state index in [0.717, 1.165) is 32.4 Å². The van der Waals surface area contributed by atoms with Crippen LogP contribution in [-0.2, 0) is 4.79 Å². The number of carbonyl (C=O) groups is 1. The fraction of sp³-hybridized carbons (Fsp3) is 0.957. The van der Waals surface area contributed by atoms with Crippen LogP contribution in [0.1, 0.15) is 122 Å². The number of nitrogens with zero attached hydrogens (tertiary/aromatic N) is 1. The first-order valence-corrected chi connectivity index (χ1v) is 12.1. The molecule has 0 aromatic carbocycles. The average Bonchev–Trinajstić information content (AvgIpc) is 2.64. The van der Waals surface area contributed by atoms with Gasteiger partial charge in [0.05, 0.1) is 0 Å². The molecule has 0 bridgehead atoms. The van der Waals surface area contributed by atoms with Crippen LogP contribution in [0.5, 0.6) is 0 Å². The molecular weight excluding hydrogens is 356 g/mol. The summed E-state index contributed by atoms with van der Waals surface area (Å²) in [5, 5.41) is 3.01. The molecule has 0 rings (SSSR count). The van der Waals surface area contributed by atoms with Crippen molar-refractivity contribution in [2.75, 3.05) is 20.1 Å². The summed E-state index contributed by atoms with van der Waals surface area (Å²) >= 11 is 5.74. The van der Waals surface area contributed by atoms with E-state index < -0.39 is 0 Å². The van der Waals surface area contributed by atoms with Gasteiger partial charge in [-0.25, -0.2) is 4.42 Å². The predicted molar refractivity (Wildman–Crippen MR) is 120 cm³/mol. The van der Waals surface area contributed by atoms with Crippen LogP contribution in [-0.4, -0.2) is 30.5 Å². The van der Waals surface area contributed by atoms with Gasteiger partial charge in [0.2, 0.25) is 5.91 Å². The molecule has 1 N–H and O–H groups in total. The highest BCUT2D eigenvalue weighted by atomic mass is 35.5. The molecule has 0 fully saturated rings. The Kier molecular flexibility index (Phi) is 21.8. The standard InChI is InChI=1S/C23H47ClN2O/c1-3-4-5-6-7-8-9-10-11-12-13-14-15-16-17-20-23(27)25-21-18-19-22-26(2)24/h3-22H2,1-2H3,(H,25,27). The molecule has 0 aliphatic heterocycles. The zero-order valence-corrected chi connectivity index (χ0v) is 19.1. The zero-order chi connectivity index (χ0) is 20.0. The van der Waals surface area contributed by atoms with Gasteiger partial charge in [-0.05, 0) is 31.0 Å². The SMILES string of the molecule is CCCCCCCCCCCCCCCCCC(=O)NCCCCN(C)Cl. The molecular formula is C23H47ClN2O. The molecule has 0 aliphatic rings. The monoisotopic (exact) mass is 402 g/mol. The lowest BCUT2D eigenvalue weighted by molar-refractivity contribution is -0.121. The molecule has 0 spiro atoms. The Morgan fingerprint density at radius 2 is 1.15 bits per heavy atom. The Bertz CT molecular complexity index is 311. The van der Waals surface area contributed by atoms with E-state index in [1.54, 1.807) is 4.42 Å². The summed E-state index contributed by atoms with van der Waals surface area (Å²) in [5.41, 5.74) is 0. The van der Waals surface area contributed by atoms with Gasteiger partial charge in [0.15, 0.2) is 0 Å². The number of rotatable bonds is 21. The summed E-state index contributed by atoms with van der Waals surface area (Å²) in [6, 6.07) is 0. The molecule has 162 valence electrons. The number of halogens is 1. The van der Waals surface area contributed by atoms with Crippen LogP contribution in [0.3, 0.4) is 0 Å². The van der Waals surface area contributed by atoms with E-state index in [-0.39, 0.29) is 5.91 Å². The molecule has 4 heteroatoms. The maximum atomic E-state index is 11.7. The lowest BCUT2D eigenvalue weighted by atomic mass is 10.0. The summed E-state index contributed by atoms with van der Waals surface area (Å²) in [5.74, 6) is 0.212. The molecule has 0 aromatic heterocycles. The summed E-state index contributed by atoms with van der Waals surface area (Å²) in [6.45, 7) is 3.93. The number of amides is 1. The zero-order valence-electron chi connectivity index (χ0n) is 18.4. The predicted octanol–water partition coefficient (Wildman–Crippen LogP) is 7.23. The van der Waals surface area contributed by atoms with Gasteiger partial charge in [-0.3, -0.25) is 4.79 Å². The van der Waals surface area contributed by atoms with Crippen molar-refractivity contribution in [3.63, 3.8) is 0 Å². The maximum absolute atomic E-state index is 11.7. The first-order chi connectivity index (χ1) is 13.2. The van der Waals surface area contributed by atoms with Crippen LogP contribution >= 0.6 is 11.8 Å². The first kappa shape index (κ1) is 26.7. The van der Waals surface area contributed by atoms with E-state index in [4.69, 9.17) is 11.8 Å². The molecule has 0 saturated heterocycles. The van der Waals surface area contributed by atoms with E-state index in [0.29, 0.717) is 6.42 Å². The van der Waals surface area contributed by atoms with Crippen LogP contribution < -0.4 is 5.32 Å². The highest BCUT2D eigenvalue weighted by Gasteiger charge is 2.01. The minimum atomic E-state index is 0.212. The van der Waals surface area contributed by atoms with Gasteiger partial charge >= 0.3 is 0 Å². The second kappa shape index (κ2) is 22.0. The Morgan fingerprint density at radius 1 is 0.704 bits per heavy atom. The van der Waals surface area contributed by atoms with Crippen LogP contribution in [0.15, 0.2) is 0 Å². The highest BCUT2D eigenvalue weighted by Crippen LogP contribution is 2.13. The first-order valence-electron chi connectivity index (χ1n) is 11.8. The van der Waals surface area contributed by atoms with E-state index in [9.17, 15) is 4.79 Å². The molecule has 3 nitrogen and oxygen atoms in total. The van der Waals surface area contributed by atoms with Gasteiger partial charge in [0.25, 0.3) is 0 Å². The topological polar surface area (TPSA) is 32.3 Å². The Hall–Kier alpha value is -0.280. The molecule has 1 amide bonds. The quantitative estimate of drug-likeness (QED) is 0.162. The third kappa shape index (κ3) is 23.7. The number of hydrogen-bond acceptors (Lipinski definition) is 2. The summed E-state index contributed by atoms with van der Waals surface area (Å²) < 4.78 is 1.66. The van der Waals surface area contributed by atoms with Crippen molar-refractivity contribution >= 4 is 17.7 Å². The molecule has 0 atom stereocenters. The van der Waals surface area contributed by atoms with Crippen LogP contribution in [0.25, 0.3) is 0 Å². The molecule has 0 heterocycles. The van der Waals surface area contributed by atoms with E-state index in [1.807, 2.05) is 7.05 Å². The molecule has 0 aromatic rings. The lowest BCUT2D eigenvalue weighted by Gasteiger charge is -2.07. The molecule has 0 radical (unpaired) electrons. The van der Waals surface area contributed by atoms with E-state index in [1.165, 1.54) is 89.9 Å². The Balaban J connectivity index is 3.12. The molecule has 27 heavy (non-hydrogen) atoms. The fourth-order valence-electron chi connectivity index (χ4n) is 3.43. The molecule has 0 saturated carbocycles. The number of unbranched alkanes of at least 4 members (excludes halogenated alkanes) is 15. The Labute approximate surface area is 175 Å². The van der Waals surface area contributed by atoms with Crippen LogP contribution in [0.4, 0.5) is 0 Å². The van der Waals surface area contributed by atoms with Crippen molar-refractivity contribution in [1.82, 2.24) is 9.74 Å². The second-order valence-electron chi connectivity index (χ2n) is 8.09. The van der Waals surface area contributed by atoms with Gasteiger partial charge < -0.3 is 5.32 Å². The largest absolute Gasteiger partial charge is 0.356 e. The van der Waals surface area contributed by atoms with Crippen molar-refractivity contribution in [2.24, 2.45) is 0 Å². The highest BCUT2D eigenvalue weighted by molar-refractivity contribution is 6.13. The normalized spacial score (nSPS) is 11.3. The van der Waals surface area contributed by atoms with Crippen molar-refractivity contribution in [3.8, 4) is 0 Å². The van der Waals surface area contributed by atoms with Crippen molar-refractivity contribution in [3.05, 3.63) is 0 Å². The average molecular weight is 403 g/mol. The molecule has 0 unspecified atom stereocenters. The van der Waals surface area contributed by atoms with Crippen molar-refractivity contribution in [1.29, 1.82) is 0 Å². The van der Waals surface area contributed by atoms with Gasteiger partial charge in [0.1, 0.15) is 0 Å². The van der Waals surface area contributed by atoms with Crippen molar-refractivity contribution < 1.29 is 4.79 Å². The lowest BCUT2D eigenvalue weighted by Crippen LogP contribution is -2.24. The maximum Gasteiger partial charge on any atom is 0.219 e. The third-order valence-electron chi connectivity index (χ3n) is 5.22. The summed E-state index contributed by atoms with van der Waals surface area (Å²) in [7, 11) is 1.86. The van der Waals surface area contributed by atoms with Gasteiger partial charge in [-0.1, -0.05) is 96.8 Å². The number of nitrogens with one attached hydrogen (secondary N) is 1. The van der Waals surface area contributed by atoms with E-state index >= 15 is 0 Å². The van der Waals surface area contributed by atoms with Crippen molar-refractivity contribution in [2.45, 2.75) is 122 Å². The van der Waals surface area contributed by atoms with Gasteiger partial charge in [-0.2, -0.15) is 0 Å².